The number of aliphatic imine (C=N–C) groups is 1. The minimum atomic E-state index is 0.287. The number of ether oxygens (including phenoxy) is 1. The summed E-state index contributed by atoms with van der Waals surface area (Å²) in [6, 6.07) is 0.357. The van der Waals surface area contributed by atoms with Gasteiger partial charge in [-0.25, -0.2) is 4.99 Å². The molecule has 1 heterocycles. The molecule has 0 saturated heterocycles. The molecule has 1 rings (SSSR count). The van der Waals surface area contributed by atoms with Crippen LogP contribution in [-0.2, 0) is 4.74 Å². The lowest BCUT2D eigenvalue weighted by Crippen LogP contribution is -2.14. The van der Waals surface area contributed by atoms with E-state index in [0.717, 1.165) is 12.3 Å². The van der Waals surface area contributed by atoms with E-state index >= 15 is 0 Å². The normalized spacial score (nSPS) is 18.8. The first kappa shape index (κ1) is 26.5. The van der Waals surface area contributed by atoms with Gasteiger partial charge in [0.15, 0.2) is 5.90 Å². The van der Waals surface area contributed by atoms with Crippen molar-refractivity contribution in [3.8, 4) is 0 Å². The van der Waals surface area contributed by atoms with Crippen LogP contribution in [0.5, 0.6) is 0 Å². The van der Waals surface area contributed by atoms with Crippen LogP contribution in [0.25, 0.3) is 0 Å². The Balaban J connectivity index is 1.68. The van der Waals surface area contributed by atoms with Crippen molar-refractivity contribution in [3.63, 3.8) is 0 Å². The Labute approximate surface area is 183 Å². The number of rotatable bonds is 21. The second-order valence-electron chi connectivity index (χ2n) is 9.55. The molecule has 2 heteroatoms. The van der Waals surface area contributed by atoms with Gasteiger partial charge in [-0.2, -0.15) is 0 Å². The molecular formula is C27H53NO. The molecule has 0 saturated carbocycles. The Morgan fingerprint density at radius 1 is 0.552 bits per heavy atom. The van der Waals surface area contributed by atoms with E-state index in [1.165, 1.54) is 128 Å². The molecule has 0 N–H and O–H groups in total. The molecule has 0 aromatic rings. The van der Waals surface area contributed by atoms with Gasteiger partial charge in [0.05, 0.1) is 6.04 Å². The fraction of sp³-hybridized carbons (Fsp3) is 0.963. The molecule has 2 unspecified atom stereocenters. The molecule has 1 aliphatic heterocycles. The van der Waals surface area contributed by atoms with Crippen molar-refractivity contribution in [2.24, 2.45) is 4.99 Å². The second kappa shape index (κ2) is 19.4. The van der Waals surface area contributed by atoms with Crippen LogP contribution in [0.15, 0.2) is 4.99 Å². The lowest BCUT2D eigenvalue weighted by atomic mass is 10.0. The summed E-state index contributed by atoms with van der Waals surface area (Å²) >= 11 is 0. The van der Waals surface area contributed by atoms with E-state index in [0.29, 0.717) is 6.04 Å². The molecule has 0 aromatic heterocycles. The quantitative estimate of drug-likeness (QED) is 0.174. The zero-order valence-corrected chi connectivity index (χ0v) is 20.4. The van der Waals surface area contributed by atoms with Crippen molar-refractivity contribution in [2.75, 3.05) is 0 Å². The van der Waals surface area contributed by atoms with E-state index in [4.69, 9.17) is 4.74 Å². The van der Waals surface area contributed by atoms with E-state index in [1.807, 2.05) is 0 Å². The van der Waals surface area contributed by atoms with Gasteiger partial charge in [0.25, 0.3) is 0 Å². The Morgan fingerprint density at radius 2 is 0.897 bits per heavy atom. The van der Waals surface area contributed by atoms with E-state index in [1.54, 1.807) is 0 Å². The molecule has 2 atom stereocenters. The molecule has 0 amide bonds. The third-order valence-electron chi connectivity index (χ3n) is 6.59. The van der Waals surface area contributed by atoms with E-state index < -0.39 is 0 Å². The van der Waals surface area contributed by atoms with Gasteiger partial charge in [0.1, 0.15) is 6.10 Å². The zero-order chi connectivity index (χ0) is 21.0. The first-order chi connectivity index (χ1) is 14.2. The Kier molecular flexibility index (Phi) is 17.8. The first-order valence-corrected chi connectivity index (χ1v) is 13.5. The van der Waals surface area contributed by atoms with Crippen LogP contribution in [-0.4, -0.2) is 18.0 Å². The number of nitrogens with zero attached hydrogens (tertiary/aromatic N) is 1. The predicted octanol–water partition coefficient (Wildman–Crippen LogP) is 9.40. The van der Waals surface area contributed by atoms with E-state index in [9.17, 15) is 0 Å². The maximum atomic E-state index is 5.76. The van der Waals surface area contributed by atoms with E-state index in [2.05, 4.69) is 25.8 Å². The average Bonchev–Trinajstić information content (AvgIpc) is 3.04. The van der Waals surface area contributed by atoms with Crippen molar-refractivity contribution >= 4 is 5.90 Å². The van der Waals surface area contributed by atoms with Crippen LogP contribution in [0.3, 0.4) is 0 Å². The van der Waals surface area contributed by atoms with Crippen LogP contribution in [0.1, 0.15) is 156 Å². The number of hydrogen-bond acceptors (Lipinski definition) is 2. The van der Waals surface area contributed by atoms with Crippen molar-refractivity contribution in [3.05, 3.63) is 0 Å². The standard InChI is InChI=1S/C27H53NO/c1-4-5-6-7-8-9-10-11-12-13-14-15-16-17-18-19-20-21-22-23-24-27-28-25(2)26(3)29-27/h25-26H,4-24H2,1-3H3. The van der Waals surface area contributed by atoms with Gasteiger partial charge >= 0.3 is 0 Å². The number of unbranched alkanes of at least 4 members (excludes halogenated alkanes) is 19. The molecule has 0 spiro atoms. The molecule has 29 heavy (non-hydrogen) atoms. The maximum Gasteiger partial charge on any atom is 0.183 e. The molecule has 0 bridgehead atoms. The first-order valence-electron chi connectivity index (χ1n) is 13.5. The molecule has 0 aliphatic carbocycles. The minimum Gasteiger partial charge on any atom is -0.476 e. The average molecular weight is 408 g/mol. The third kappa shape index (κ3) is 15.9. The molecule has 1 aliphatic rings. The summed E-state index contributed by atoms with van der Waals surface area (Å²) in [5, 5.41) is 0. The van der Waals surface area contributed by atoms with Crippen molar-refractivity contribution < 1.29 is 4.74 Å². The highest BCUT2D eigenvalue weighted by Crippen LogP contribution is 2.18. The Morgan fingerprint density at radius 3 is 1.21 bits per heavy atom. The van der Waals surface area contributed by atoms with Crippen LogP contribution >= 0.6 is 0 Å². The van der Waals surface area contributed by atoms with Crippen molar-refractivity contribution in [1.29, 1.82) is 0 Å². The molecule has 0 aromatic carbocycles. The van der Waals surface area contributed by atoms with Crippen LogP contribution in [0.2, 0.25) is 0 Å². The summed E-state index contributed by atoms with van der Waals surface area (Å²) in [6.07, 6.45) is 30.1. The smallest absolute Gasteiger partial charge is 0.183 e. The van der Waals surface area contributed by atoms with Gasteiger partial charge in [-0.15, -0.1) is 0 Å². The minimum absolute atomic E-state index is 0.287. The molecule has 0 fully saturated rings. The zero-order valence-electron chi connectivity index (χ0n) is 20.4. The van der Waals surface area contributed by atoms with Gasteiger partial charge in [0, 0.05) is 6.42 Å². The summed E-state index contributed by atoms with van der Waals surface area (Å²) in [5.41, 5.74) is 0. The van der Waals surface area contributed by atoms with Crippen LogP contribution in [0, 0.1) is 0 Å². The highest BCUT2D eigenvalue weighted by molar-refractivity contribution is 5.77. The Hall–Kier alpha value is -0.530. The van der Waals surface area contributed by atoms with Crippen molar-refractivity contribution in [2.45, 2.75) is 168 Å². The second-order valence-corrected chi connectivity index (χ2v) is 9.55. The molecule has 0 radical (unpaired) electrons. The van der Waals surface area contributed by atoms with Crippen LogP contribution < -0.4 is 0 Å². The molecule has 2 nitrogen and oxygen atoms in total. The largest absolute Gasteiger partial charge is 0.476 e. The Bertz CT molecular complexity index is 379. The van der Waals surface area contributed by atoms with Gasteiger partial charge in [0.2, 0.25) is 0 Å². The highest BCUT2D eigenvalue weighted by Gasteiger charge is 2.21. The maximum absolute atomic E-state index is 5.76. The van der Waals surface area contributed by atoms with Gasteiger partial charge in [-0.05, 0) is 20.3 Å². The van der Waals surface area contributed by atoms with Gasteiger partial charge in [-0.3, -0.25) is 0 Å². The van der Waals surface area contributed by atoms with E-state index in [-0.39, 0.29) is 6.10 Å². The SMILES string of the molecule is CCCCCCCCCCCCCCCCCCCCCCC1=NC(C)C(C)O1. The monoisotopic (exact) mass is 407 g/mol. The van der Waals surface area contributed by atoms with Gasteiger partial charge in [-0.1, -0.05) is 129 Å². The van der Waals surface area contributed by atoms with Gasteiger partial charge < -0.3 is 4.74 Å². The molecule has 172 valence electrons. The highest BCUT2D eigenvalue weighted by atomic mass is 16.5. The predicted molar refractivity (Wildman–Crippen MR) is 130 cm³/mol. The topological polar surface area (TPSA) is 21.6 Å². The summed E-state index contributed by atoms with van der Waals surface area (Å²) in [6.45, 7) is 6.57. The molecular weight excluding hydrogens is 354 g/mol. The summed E-state index contributed by atoms with van der Waals surface area (Å²) in [5.74, 6) is 1.01. The summed E-state index contributed by atoms with van der Waals surface area (Å²) in [4.78, 5) is 4.58. The lowest BCUT2D eigenvalue weighted by Gasteiger charge is -2.07. The fourth-order valence-electron chi connectivity index (χ4n) is 4.33. The third-order valence-corrected chi connectivity index (χ3v) is 6.59. The summed E-state index contributed by atoms with van der Waals surface area (Å²) in [7, 11) is 0. The summed E-state index contributed by atoms with van der Waals surface area (Å²) < 4.78 is 5.76. The fourth-order valence-corrected chi connectivity index (χ4v) is 4.33. The number of hydrogen-bond donors (Lipinski definition) is 0. The van der Waals surface area contributed by atoms with Crippen molar-refractivity contribution in [1.82, 2.24) is 0 Å². The van der Waals surface area contributed by atoms with Crippen LogP contribution in [0.4, 0.5) is 0 Å². The lowest BCUT2D eigenvalue weighted by molar-refractivity contribution is 0.213.